The molecule has 40 heavy (non-hydrogen) atoms. The zero-order valence-electron chi connectivity index (χ0n) is 24.7. The predicted molar refractivity (Wildman–Crippen MR) is 159 cm³/mol. The van der Waals surface area contributed by atoms with Gasteiger partial charge in [-0.15, -0.1) is 0 Å². The molecule has 4 fully saturated rings. The zero-order valence-corrected chi connectivity index (χ0v) is 24.7. The molecule has 4 aliphatic carbocycles. The third-order valence-corrected chi connectivity index (χ3v) is 9.98. The van der Waals surface area contributed by atoms with Crippen molar-refractivity contribution in [2.24, 2.45) is 0 Å². The topological polar surface area (TPSA) is 59.1 Å². The molecule has 0 bridgehead atoms. The molecular weight excluding hydrogens is 500 g/mol. The van der Waals surface area contributed by atoms with E-state index in [4.69, 9.17) is 9.47 Å². The highest BCUT2D eigenvalue weighted by Gasteiger charge is 2.34. The van der Waals surface area contributed by atoms with Gasteiger partial charge in [0.05, 0.1) is 0 Å². The first kappa shape index (κ1) is 29.3. The van der Waals surface area contributed by atoms with Crippen LogP contribution in [0.2, 0.25) is 0 Å². The number of nitrogens with zero attached hydrogens (tertiary/aromatic N) is 2. The van der Waals surface area contributed by atoms with Crippen LogP contribution in [0.4, 0.5) is 0 Å². The van der Waals surface area contributed by atoms with Gasteiger partial charge >= 0.3 is 0 Å². The summed E-state index contributed by atoms with van der Waals surface area (Å²) in [6.07, 6.45) is 23.9. The summed E-state index contributed by atoms with van der Waals surface area (Å²) in [5.41, 5.74) is 0. The van der Waals surface area contributed by atoms with Gasteiger partial charge in [-0.2, -0.15) is 0 Å². The molecule has 0 unspecified atom stereocenters. The van der Waals surface area contributed by atoms with Gasteiger partial charge in [-0.05, 0) is 63.5 Å². The van der Waals surface area contributed by atoms with E-state index in [-0.39, 0.29) is 25.0 Å². The van der Waals surface area contributed by atoms with Crippen LogP contribution < -0.4 is 9.47 Å². The van der Waals surface area contributed by atoms with Crippen LogP contribution in [0, 0.1) is 0 Å². The molecule has 4 saturated carbocycles. The minimum atomic E-state index is 0.0620. The van der Waals surface area contributed by atoms with E-state index in [0.717, 1.165) is 51.4 Å². The summed E-state index contributed by atoms with van der Waals surface area (Å²) in [7, 11) is 0. The van der Waals surface area contributed by atoms with Crippen molar-refractivity contribution in [1.82, 2.24) is 9.80 Å². The quantitative estimate of drug-likeness (QED) is 0.303. The zero-order chi connectivity index (χ0) is 27.6. The third kappa shape index (κ3) is 7.94. The minimum Gasteiger partial charge on any atom is -0.484 e. The SMILES string of the molecule is O=C(COc1cccc(OCC(=O)N(C2CCCCC2)C2CCCCC2)c1)N(C1CCCCC1)C1CCCCC1. The fourth-order valence-electron chi connectivity index (χ4n) is 7.94. The molecule has 1 aromatic rings. The summed E-state index contributed by atoms with van der Waals surface area (Å²) >= 11 is 0. The van der Waals surface area contributed by atoms with Crippen LogP contribution in [-0.2, 0) is 9.59 Å². The van der Waals surface area contributed by atoms with Gasteiger partial charge in [-0.3, -0.25) is 9.59 Å². The van der Waals surface area contributed by atoms with Crippen LogP contribution in [-0.4, -0.2) is 59.0 Å². The number of hydrogen-bond donors (Lipinski definition) is 0. The maximum absolute atomic E-state index is 13.5. The fraction of sp³-hybridized carbons (Fsp3) is 0.765. The molecule has 0 saturated heterocycles. The number of carbonyl (C=O) groups is 2. The molecule has 5 rings (SSSR count). The van der Waals surface area contributed by atoms with Crippen LogP contribution in [0.25, 0.3) is 0 Å². The van der Waals surface area contributed by atoms with Gasteiger partial charge in [0.25, 0.3) is 11.8 Å². The Bertz CT molecular complexity index is 820. The van der Waals surface area contributed by atoms with Crippen LogP contribution in [0.15, 0.2) is 24.3 Å². The number of amides is 2. The lowest BCUT2D eigenvalue weighted by atomic mass is 9.88. The van der Waals surface area contributed by atoms with Gasteiger partial charge in [0, 0.05) is 30.2 Å². The van der Waals surface area contributed by atoms with Gasteiger partial charge < -0.3 is 19.3 Å². The number of carbonyl (C=O) groups excluding carboxylic acids is 2. The lowest BCUT2D eigenvalue weighted by Gasteiger charge is -2.41. The van der Waals surface area contributed by atoms with Crippen LogP contribution >= 0.6 is 0 Å². The smallest absolute Gasteiger partial charge is 0.261 e. The van der Waals surface area contributed by atoms with Crippen LogP contribution in [0.5, 0.6) is 11.5 Å². The molecule has 0 atom stereocenters. The van der Waals surface area contributed by atoms with Crippen molar-refractivity contribution in [3.05, 3.63) is 24.3 Å². The molecule has 222 valence electrons. The maximum atomic E-state index is 13.5. The van der Waals surface area contributed by atoms with Crippen molar-refractivity contribution < 1.29 is 19.1 Å². The standard InChI is InChI=1S/C34H52N2O4/c37-33(35(27-14-5-1-6-15-27)28-16-7-2-8-17-28)25-39-31-22-13-23-32(24-31)40-26-34(38)36(29-18-9-3-10-19-29)30-20-11-4-12-21-30/h13,22-24,27-30H,1-12,14-21,25-26H2. The van der Waals surface area contributed by atoms with Crippen molar-refractivity contribution in [3.8, 4) is 11.5 Å². The summed E-state index contributed by atoms with van der Waals surface area (Å²) < 4.78 is 12.1. The fourth-order valence-corrected chi connectivity index (χ4v) is 7.94. The van der Waals surface area contributed by atoms with Crippen molar-refractivity contribution in [2.45, 2.75) is 153 Å². The molecule has 1 aromatic carbocycles. The Labute approximate surface area is 242 Å². The molecule has 0 radical (unpaired) electrons. The van der Waals surface area contributed by atoms with Gasteiger partial charge in [0.15, 0.2) is 13.2 Å². The van der Waals surface area contributed by atoms with E-state index in [9.17, 15) is 9.59 Å². The average molecular weight is 553 g/mol. The molecule has 0 aromatic heterocycles. The van der Waals surface area contributed by atoms with Crippen LogP contribution in [0.1, 0.15) is 128 Å². The number of hydrogen-bond acceptors (Lipinski definition) is 4. The Morgan fingerprint density at radius 2 is 0.825 bits per heavy atom. The highest BCUT2D eigenvalue weighted by atomic mass is 16.5. The molecular formula is C34H52N2O4. The van der Waals surface area contributed by atoms with E-state index < -0.39 is 0 Å². The van der Waals surface area contributed by atoms with Crippen molar-refractivity contribution in [1.29, 1.82) is 0 Å². The number of rotatable bonds is 10. The average Bonchev–Trinajstić information content (AvgIpc) is 3.02. The number of ether oxygens (including phenoxy) is 2. The van der Waals surface area contributed by atoms with Gasteiger partial charge in [0.2, 0.25) is 0 Å². The Kier molecular flexibility index (Phi) is 11.1. The Morgan fingerprint density at radius 1 is 0.525 bits per heavy atom. The Hall–Kier alpha value is -2.24. The van der Waals surface area contributed by atoms with Crippen molar-refractivity contribution >= 4 is 11.8 Å². The molecule has 0 heterocycles. The predicted octanol–water partition coefficient (Wildman–Crippen LogP) is 7.43. The second-order valence-corrected chi connectivity index (χ2v) is 12.8. The van der Waals surface area contributed by atoms with Crippen molar-refractivity contribution in [2.75, 3.05) is 13.2 Å². The van der Waals surface area contributed by atoms with E-state index in [1.807, 2.05) is 24.3 Å². The van der Waals surface area contributed by atoms with E-state index >= 15 is 0 Å². The van der Waals surface area contributed by atoms with Gasteiger partial charge in [-0.1, -0.05) is 83.1 Å². The minimum absolute atomic E-state index is 0.0620. The molecule has 6 heteroatoms. The Balaban J connectivity index is 1.17. The highest BCUT2D eigenvalue weighted by molar-refractivity contribution is 5.79. The van der Waals surface area contributed by atoms with Gasteiger partial charge in [0.1, 0.15) is 11.5 Å². The first-order valence-corrected chi connectivity index (χ1v) is 16.7. The largest absolute Gasteiger partial charge is 0.484 e. The Morgan fingerprint density at radius 3 is 1.12 bits per heavy atom. The molecule has 0 N–H and O–H groups in total. The molecule has 0 spiro atoms. The second kappa shape index (κ2) is 15.1. The monoisotopic (exact) mass is 552 g/mol. The number of benzene rings is 1. The van der Waals surface area contributed by atoms with Gasteiger partial charge in [-0.25, -0.2) is 0 Å². The molecule has 6 nitrogen and oxygen atoms in total. The van der Waals surface area contributed by atoms with E-state index in [1.165, 1.54) is 77.0 Å². The summed E-state index contributed by atoms with van der Waals surface area (Å²) in [6.45, 7) is 0.124. The summed E-state index contributed by atoms with van der Waals surface area (Å²) in [5, 5.41) is 0. The van der Waals surface area contributed by atoms with E-state index in [2.05, 4.69) is 9.80 Å². The van der Waals surface area contributed by atoms with E-state index in [0.29, 0.717) is 35.7 Å². The maximum Gasteiger partial charge on any atom is 0.261 e. The summed E-state index contributed by atoms with van der Waals surface area (Å²) in [5.74, 6) is 1.50. The van der Waals surface area contributed by atoms with Crippen LogP contribution in [0.3, 0.4) is 0 Å². The van der Waals surface area contributed by atoms with E-state index in [1.54, 1.807) is 0 Å². The molecule has 2 amide bonds. The molecule has 4 aliphatic rings. The lowest BCUT2D eigenvalue weighted by Crippen LogP contribution is -2.50. The third-order valence-electron chi connectivity index (χ3n) is 9.98. The first-order chi connectivity index (χ1) is 19.7. The second-order valence-electron chi connectivity index (χ2n) is 12.8. The first-order valence-electron chi connectivity index (χ1n) is 16.7. The summed E-state index contributed by atoms with van der Waals surface area (Å²) in [6, 6.07) is 8.94. The summed E-state index contributed by atoms with van der Waals surface area (Å²) in [4.78, 5) is 31.4. The molecule has 0 aliphatic heterocycles. The van der Waals surface area contributed by atoms with Crippen molar-refractivity contribution in [3.63, 3.8) is 0 Å². The lowest BCUT2D eigenvalue weighted by molar-refractivity contribution is -0.140. The highest BCUT2D eigenvalue weighted by Crippen LogP contribution is 2.32. The normalized spacial score (nSPS) is 22.0.